The fraction of sp³-hybridized carbons (Fsp3) is 0.0526. The van der Waals surface area contributed by atoms with Gasteiger partial charge in [0.05, 0.1) is 11.4 Å². The molecule has 2 heteroatoms. The Labute approximate surface area is 346 Å². The molecule has 0 aliphatic heterocycles. The maximum Gasteiger partial charge on any atom is 0.0723 e. The molecule has 1 aliphatic rings. The fourth-order valence-electron chi connectivity index (χ4n) is 9.01. The second-order valence-electron chi connectivity index (χ2n) is 15.9. The number of rotatable bonds is 8. The summed E-state index contributed by atoms with van der Waals surface area (Å²) < 4.78 is 0. The standard InChI is InChI=1S/C57H42N2/c1-57(2)53-35-42-21-10-9-20-41(42)34-52(53)51-29-15-28-49(56(51)57)44-24-14-23-43(33-44)48-31-30-46(47-26-11-12-27-50(47)48)37-59-55(36-54(58)39-18-7-4-8-19-39)45-25-13-22-40(32-45)38-16-5-3-6-17-38/h3-37,58H,1-2H3/b55-36-,58-54?,59-37?. The maximum atomic E-state index is 9.02. The lowest BCUT2D eigenvalue weighted by molar-refractivity contribution is 0.663. The van der Waals surface area contributed by atoms with Crippen molar-refractivity contribution < 1.29 is 0 Å². The Kier molecular flexibility index (Phi) is 9.03. The van der Waals surface area contributed by atoms with Gasteiger partial charge in [0.15, 0.2) is 0 Å². The minimum atomic E-state index is -0.148. The molecule has 10 rings (SSSR count). The number of nitrogens with one attached hydrogen (secondary N) is 1. The Bertz CT molecular complexity index is 3130. The molecule has 0 atom stereocenters. The summed E-state index contributed by atoms with van der Waals surface area (Å²) in [6.45, 7) is 4.75. The van der Waals surface area contributed by atoms with Crippen LogP contribution in [0.1, 0.15) is 41.7 Å². The first-order valence-corrected chi connectivity index (χ1v) is 20.3. The molecular formula is C57H42N2. The van der Waals surface area contributed by atoms with Crippen LogP contribution < -0.4 is 0 Å². The molecule has 0 unspecified atom stereocenters. The zero-order valence-corrected chi connectivity index (χ0v) is 33.2. The van der Waals surface area contributed by atoms with Gasteiger partial charge in [-0.2, -0.15) is 0 Å². The minimum absolute atomic E-state index is 0.148. The number of nitrogens with zero attached hydrogens (tertiary/aromatic N) is 1. The zero-order valence-electron chi connectivity index (χ0n) is 33.2. The second kappa shape index (κ2) is 14.8. The quantitative estimate of drug-likeness (QED) is 0.150. The van der Waals surface area contributed by atoms with E-state index >= 15 is 0 Å². The highest BCUT2D eigenvalue weighted by Crippen LogP contribution is 2.53. The molecule has 9 aromatic carbocycles. The Balaban J connectivity index is 1.04. The largest absolute Gasteiger partial charge is 0.300 e. The number of hydrogen-bond donors (Lipinski definition) is 1. The Hall–Kier alpha value is -7.42. The molecule has 0 bridgehead atoms. The molecule has 0 fully saturated rings. The lowest BCUT2D eigenvalue weighted by Gasteiger charge is -2.25. The predicted molar refractivity (Wildman–Crippen MR) is 251 cm³/mol. The first-order valence-electron chi connectivity index (χ1n) is 20.3. The van der Waals surface area contributed by atoms with E-state index in [1.807, 2.05) is 48.7 Å². The number of aliphatic imine (C=N–C) groups is 1. The van der Waals surface area contributed by atoms with E-state index in [2.05, 4.69) is 178 Å². The van der Waals surface area contributed by atoms with Gasteiger partial charge in [-0.1, -0.05) is 190 Å². The van der Waals surface area contributed by atoms with Crippen molar-refractivity contribution >= 4 is 39.2 Å². The monoisotopic (exact) mass is 754 g/mol. The lowest BCUT2D eigenvalue weighted by Crippen LogP contribution is -2.16. The van der Waals surface area contributed by atoms with E-state index < -0.39 is 0 Å². The lowest BCUT2D eigenvalue weighted by atomic mass is 9.78. The number of fused-ring (bicyclic) bond motifs is 5. The number of hydrogen-bond acceptors (Lipinski definition) is 2. The van der Waals surface area contributed by atoms with Crippen LogP contribution in [0.5, 0.6) is 0 Å². The van der Waals surface area contributed by atoms with E-state index in [1.54, 1.807) is 0 Å². The van der Waals surface area contributed by atoms with Crippen LogP contribution in [-0.4, -0.2) is 11.9 Å². The fourth-order valence-corrected chi connectivity index (χ4v) is 9.01. The van der Waals surface area contributed by atoms with Crippen molar-refractivity contribution in [2.75, 3.05) is 0 Å². The normalized spacial score (nSPS) is 13.2. The molecule has 0 aromatic heterocycles. The van der Waals surface area contributed by atoms with Gasteiger partial charge in [-0.15, -0.1) is 0 Å². The third-order valence-electron chi connectivity index (χ3n) is 12.0. The van der Waals surface area contributed by atoms with Gasteiger partial charge in [-0.25, -0.2) is 0 Å². The van der Waals surface area contributed by atoms with E-state index in [0.717, 1.165) is 38.9 Å². The van der Waals surface area contributed by atoms with Crippen molar-refractivity contribution in [3.8, 4) is 44.5 Å². The van der Waals surface area contributed by atoms with E-state index in [4.69, 9.17) is 10.4 Å². The molecule has 9 aromatic rings. The molecule has 2 nitrogen and oxygen atoms in total. The summed E-state index contributed by atoms with van der Waals surface area (Å²) in [5, 5.41) is 13.9. The Morgan fingerprint density at radius 1 is 0.458 bits per heavy atom. The average Bonchev–Trinajstić information content (AvgIpc) is 3.52. The van der Waals surface area contributed by atoms with Crippen LogP contribution >= 0.6 is 0 Å². The highest BCUT2D eigenvalue weighted by molar-refractivity contribution is 6.12. The minimum Gasteiger partial charge on any atom is -0.300 e. The van der Waals surface area contributed by atoms with Crippen LogP contribution in [0.2, 0.25) is 0 Å². The number of allylic oxidation sites excluding steroid dienone is 1. The van der Waals surface area contributed by atoms with E-state index in [-0.39, 0.29) is 5.41 Å². The molecule has 0 amide bonds. The molecule has 280 valence electrons. The van der Waals surface area contributed by atoms with Crippen molar-refractivity contribution in [1.82, 2.24) is 0 Å². The van der Waals surface area contributed by atoms with Crippen LogP contribution in [0, 0.1) is 5.41 Å². The molecule has 0 heterocycles. The van der Waals surface area contributed by atoms with Crippen LogP contribution in [-0.2, 0) is 5.41 Å². The van der Waals surface area contributed by atoms with E-state index in [0.29, 0.717) is 5.71 Å². The topological polar surface area (TPSA) is 36.2 Å². The van der Waals surface area contributed by atoms with Crippen LogP contribution in [0.3, 0.4) is 0 Å². The highest BCUT2D eigenvalue weighted by Gasteiger charge is 2.37. The summed E-state index contributed by atoms with van der Waals surface area (Å²) in [5.74, 6) is 0. The Morgan fingerprint density at radius 2 is 1.05 bits per heavy atom. The van der Waals surface area contributed by atoms with Crippen molar-refractivity contribution in [2.45, 2.75) is 19.3 Å². The predicted octanol–water partition coefficient (Wildman–Crippen LogP) is 14.8. The number of benzene rings is 9. The summed E-state index contributed by atoms with van der Waals surface area (Å²) in [6, 6.07) is 71.0. The van der Waals surface area contributed by atoms with Gasteiger partial charge in [0, 0.05) is 22.8 Å². The van der Waals surface area contributed by atoms with Crippen LogP contribution in [0.15, 0.2) is 211 Å². The van der Waals surface area contributed by atoms with Gasteiger partial charge in [0.1, 0.15) is 0 Å². The Morgan fingerprint density at radius 3 is 1.85 bits per heavy atom. The van der Waals surface area contributed by atoms with Gasteiger partial charge >= 0.3 is 0 Å². The first-order chi connectivity index (χ1) is 28.9. The summed E-state index contributed by atoms with van der Waals surface area (Å²) in [5.41, 5.74) is 16.3. The SMILES string of the molecule is CC1(C)c2cc3ccccc3cc2-c2cccc(-c3cccc(-c4ccc(C=N/C(=C\C(=N)c5ccccc5)c5cccc(-c6ccccc6)c5)c5ccccc45)c3)c21. The molecule has 1 N–H and O–H groups in total. The van der Waals surface area contributed by atoms with Gasteiger partial charge in [-0.3, -0.25) is 4.99 Å². The molecule has 0 radical (unpaired) electrons. The molecule has 0 spiro atoms. The third kappa shape index (κ3) is 6.59. The van der Waals surface area contributed by atoms with Crippen LogP contribution in [0.4, 0.5) is 0 Å². The van der Waals surface area contributed by atoms with E-state index in [1.165, 1.54) is 60.7 Å². The maximum absolute atomic E-state index is 9.02. The average molecular weight is 755 g/mol. The summed E-state index contributed by atoms with van der Waals surface area (Å²) in [6.07, 6.45) is 3.83. The summed E-state index contributed by atoms with van der Waals surface area (Å²) in [7, 11) is 0. The van der Waals surface area contributed by atoms with Crippen molar-refractivity contribution in [2.24, 2.45) is 4.99 Å². The third-order valence-corrected chi connectivity index (χ3v) is 12.0. The smallest absolute Gasteiger partial charge is 0.0723 e. The summed E-state index contributed by atoms with van der Waals surface area (Å²) in [4.78, 5) is 5.15. The first kappa shape index (κ1) is 36.0. The second-order valence-corrected chi connectivity index (χ2v) is 15.9. The van der Waals surface area contributed by atoms with Crippen LogP contribution in [0.25, 0.3) is 71.7 Å². The van der Waals surface area contributed by atoms with Gasteiger partial charge in [-0.05, 0) is 113 Å². The molecular weight excluding hydrogens is 713 g/mol. The molecule has 0 saturated heterocycles. The molecule has 0 saturated carbocycles. The van der Waals surface area contributed by atoms with Crippen molar-refractivity contribution in [3.05, 3.63) is 234 Å². The molecule has 1 aliphatic carbocycles. The van der Waals surface area contributed by atoms with Gasteiger partial charge < -0.3 is 5.41 Å². The van der Waals surface area contributed by atoms with Gasteiger partial charge in [0.2, 0.25) is 0 Å². The zero-order chi connectivity index (χ0) is 39.9. The van der Waals surface area contributed by atoms with E-state index in [9.17, 15) is 0 Å². The summed E-state index contributed by atoms with van der Waals surface area (Å²) >= 11 is 0. The van der Waals surface area contributed by atoms with Crippen molar-refractivity contribution in [1.29, 1.82) is 5.41 Å². The van der Waals surface area contributed by atoms with Gasteiger partial charge in [0.25, 0.3) is 0 Å². The van der Waals surface area contributed by atoms with Crippen molar-refractivity contribution in [3.63, 3.8) is 0 Å². The molecule has 59 heavy (non-hydrogen) atoms. The highest BCUT2D eigenvalue weighted by atomic mass is 14.7.